The number of rotatable bonds is 7. The Morgan fingerprint density at radius 1 is 1.10 bits per heavy atom. The van der Waals surface area contributed by atoms with Gasteiger partial charge in [0, 0.05) is 24.0 Å². The predicted molar refractivity (Wildman–Crippen MR) is 85.1 cm³/mol. The highest BCUT2D eigenvalue weighted by molar-refractivity contribution is 5.25. The van der Waals surface area contributed by atoms with Crippen LogP contribution in [0.5, 0.6) is 0 Å². The molecule has 1 aromatic rings. The minimum atomic E-state index is -2.30. The fraction of sp³-hybridized carbons (Fsp3) is 0.647. The van der Waals surface area contributed by atoms with Crippen molar-refractivity contribution in [1.82, 2.24) is 10.2 Å². The van der Waals surface area contributed by atoms with Crippen LogP contribution >= 0.6 is 0 Å². The molecule has 1 unspecified atom stereocenters. The molecule has 1 rings (SSSR count). The molecule has 0 radical (unpaired) electrons. The Morgan fingerprint density at radius 2 is 1.67 bits per heavy atom. The van der Waals surface area contributed by atoms with Crippen molar-refractivity contribution in [2.24, 2.45) is 0 Å². The van der Waals surface area contributed by atoms with Gasteiger partial charge in [0.25, 0.3) is 6.43 Å². The summed E-state index contributed by atoms with van der Waals surface area (Å²) in [5.41, 5.74) is 0.957. The van der Waals surface area contributed by atoms with Crippen LogP contribution in [0.3, 0.4) is 0 Å². The second kappa shape index (κ2) is 7.32. The molecule has 0 fully saturated rings. The number of nitrogens with one attached hydrogen (secondary N) is 1. The molecule has 2 nitrogen and oxygen atoms in total. The van der Waals surface area contributed by atoms with Crippen LogP contribution in [0.2, 0.25) is 0 Å². The van der Waals surface area contributed by atoms with E-state index in [1.54, 1.807) is 11.9 Å². The van der Waals surface area contributed by atoms with Crippen LogP contribution in [0, 0.1) is 0 Å². The van der Waals surface area contributed by atoms with Crippen LogP contribution in [0.25, 0.3) is 0 Å². The summed E-state index contributed by atoms with van der Waals surface area (Å²) in [4.78, 5) is 1.71. The molecule has 0 saturated heterocycles. The highest BCUT2D eigenvalue weighted by atomic mass is 19.3. The second-order valence-electron chi connectivity index (χ2n) is 7.12. The number of halogens is 2. The number of hydrogen-bond donors (Lipinski definition) is 1. The number of likely N-dealkylation sites (N-methyl/N-ethyl adjacent to an activating group) is 1. The average molecular weight is 298 g/mol. The SMILES string of the molecule is CN(CC(F)F)CC(C)(CNC(C)(C)C)c1ccccc1. The maximum atomic E-state index is 12.6. The molecule has 1 N–H and O–H groups in total. The minimum absolute atomic E-state index is 0.00265. The van der Waals surface area contributed by atoms with E-state index in [0.717, 1.165) is 6.54 Å². The Labute approximate surface area is 127 Å². The molecular weight excluding hydrogens is 270 g/mol. The first kappa shape index (κ1) is 18.1. The molecule has 0 amide bonds. The molecule has 0 aromatic heterocycles. The third-order valence-corrected chi connectivity index (χ3v) is 3.55. The Hall–Kier alpha value is -1.00. The van der Waals surface area contributed by atoms with Crippen LogP contribution in [0.15, 0.2) is 30.3 Å². The van der Waals surface area contributed by atoms with Gasteiger partial charge in [0.2, 0.25) is 0 Å². The lowest BCUT2D eigenvalue weighted by Crippen LogP contribution is -2.49. The quantitative estimate of drug-likeness (QED) is 0.828. The minimum Gasteiger partial charge on any atom is -0.311 e. The molecule has 21 heavy (non-hydrogen) atoms. The summed E-state index contributed by atoms with van der Waals surface area (Å²) in [6.45, 7) is 9.60. The molecule has 120 valence electrons. The zero-order valence-electron chi connectivity index (χ0n) is 13.8. The fourth-order valence-corrected chi connectivity index (χ4v) is 2.45. The van der Waals surface area contributed by atoms with E-state index in [1.165, 1.54) is 5.56 Å². The standard InChI is InChI=1S/C17H28F2N2/c1-16(2,3)20-12-17(4,13-21(5)11-15(18)19)14-9-7-6-8-10-14/h6-10,15,20H,11-13H2,1-5H3. The zero-order valence-corrected chi connectivity index (χ0v) is 13.8. The van der Waals surface area contributed by atoms with Crippen molar-refractivity contribution in [2.75, 3.05) is 26.7 Å². The van der Waals surface area contributed by atoms with Gasteiger partial charge in [-0.2, -0.15) is 0 Å². The van der Waals surface area contributed by atoms with Crippen LogP contribution in [0.1, 0.15) is 33.3 Å². The van der Waals surface area contributed by atoms with E-state index in [9.17, 15) is 8.78 Å². The molecule has 0 heterocycles. The van der Waals surface area contributed by atoms with Gasteiger partial charge in [-0.25, -0.2) is 8.78 Å². The Morgan fingerprint density at radius 3 is 2.14 bits per heavy atom. The van der Waals surface area contributed by atoms with Gasteiger partial charge in [-0.15, -0.1) is 0 Å². The van der Waals surface area contributed by atoms with Crippen molar-refractivity contribution in [3.05, 3.63) is 35.9 Å². The summed E-state index contributed by atoms with van der Waals surface area (Å²) in [6.07, 6.45) is -2.30. The topological polar surface area (TPSA) is 15.3 Å². The number of nitrogens with zero attached hydrogens (tertiary/aromatic N) is 1. The van der Waals surface area contributed by atoms with Gasteiger partial charge in [0.05, 0.1) is 6.54 Å². The van der Waals surface area contributed by atoms with E-state index in [0.29, 0.717) is 6.54 Å². The first-order valence-electron chi connectivity index (χ1n) is 7.40. The van der Waals surface area contributed by atoms with Crippen molar-refractivity contribution >= 4 is 0 Å². The van der Waals surface area contributed by atoms with E-state index < -0.39 is 6.43 Å². The van der Waals surface area contributed by atoms with Crippen LogP contribution in [-0.4, -0.2) is 43.5 Å². The Kier molecular flexibility index (Phi) is 6.29. The molecule has 0 aliphatic rings. The van der Waals surface area contributed by atoms with E-state index in [4.69, 9.17) is 0 Å². The van der Waals surface area contributed by atoms with Crippen molar-refractivity contribution in [1.29, 1.82) is 0 Å². The third kappa shape index (κ3) is 6.53. The molecule has 1 aromatic carbocycles. The highest BCUT2D eigenvalue weighted by Crippen LogP contribution is 2.25. The van der Waals surface area contributed by atoms with Gasteiger partial charge in [-0.05, 0) is 33.4 Å². The highest BCUT2D eigenvalue weighted by Gasteiger charge is 2.30. The summed E-state index contributed by atoms with van der Waals surface area (Å²) < 4.78 is 25.2. The largest absolute Gasteiger partial charge is 0.311 e. The van der Waals surface area contributed by atoms with Crippen LogP contribution < -0.4 is 5.32 Å². The Balaban J connectivity index is 2.89. The van der Waals surface area contributed by atoms with Crippen molar-refractivity contribution < 1.29 is 8.78 Å². The van der Waals surface area contributed by atoms with Crippen LogP contribution in [0.4, 0.5) is 8.78 Å². The van der Waals surface area contributed by atoms with Crippen LogP contribution in [-0.2, 0) is 5.41 Å². The molecular formula is C17H28F2N2. The monoisotopic (exact) mass is 298 g/mol. The summed E-state index contributed by atoms with van der Waals surface area (Å²) in [7, 11) is 1.75. The first-order valence-corrected chi connectivity index (χ1v) is 7.40. The van der Waals surface area contributed by atoms with Gasteiger partial charge >= 0.3 is 0 Å². The molecule has 0 saturated carbocycles. The maximum Gasteiger partial charge on any atom is 0.251 e. The lowest BCUT2D eigenvalue weighted by molar-refractivity contribution is 0.0893. The lowest BCUT2D eigenvalue weighted by atomic mass is 9.81. The number of hydrogen-bond acceptors (Lipinski definition) is 2. The van der Waals surface area contributed by atoms with E-state index >= 15 is 0 Å². The molecule has 4 heteroatoms. The summed E-state index contributed by atoms with van der Waals surface area (Å²) in [6, 6.07) is 10.1. The smallest absolute Gasteiger partial charge is 0.251 e. The molecule has 0 spiro atoms. The molecule has 0 aliphatic heterocycles. The average Bonchev–Trinajstić information content (AvgIpc) is 2.35. The summed E-state index contributed by atoms with van der Waals surface area (Å²) >= 11 is 0. The normalized spacial score (nSPS) is 15.5. The summed E-state index contributed by atoms with van der Waals surface area (Å²) in [5.74, 6) is 0. The second-order valence-corrected chi connectivity index (χ2v) is 7.12. The Bertz CT molecular complexity index is 415. The number of alkyl halides is 2. The van der Waals surface area contributed by atoms with Gasteiger partial charge in [0.1, 0.15) is 0 Å². The van der Waals surface area contributed by atoms with Crippen molar-refractivity contribution in [2.45, 2.75) is 45.1 Å². The lowest BCUT2D eigenvalue weighted by Gasteiger charge is -2.37. The molecule has 0 aliphatic carbocycles. The number of benzene rings is 1. The maximum absolute atomic E-state index is 12.6. The van der Waals surface area contributed by atoms with E-state index in [-0.39, 0.29) is 17.5 Å². The molecule has 0 bridgehead atoms. The van der Waals surface area contributed by atoms with E-state index in [2.05, 4.69) is 45.1 Å². The zero-order chi connectivity index (χ0) is 16.1. The predicted octanol–water partition coefficient (Wildman–Crippen LogP) is 3.53. The third-order valence-electron chi connectivity index (χ3n) is 3.55. The van der Waals surface area contributed by atoms with Crippen molar-refractivity contribution in [3.8, 4) is 0 Å². The molecule has 1 atom stereocenters. The fourth-order valence-electron chi connectivity index (χ4n) is 2.45. The van der Waals surface area contributed by atoms with Crippen molar-refractivity contribution in [3.63, 3.8) is 0 Å². The van der Waals surface area contributed by atoms with Gasteiger partial charge in [-0.1, -0.05) is 37.3 Å². The van der Waals surface area contributed by atoms with E-state index in [1.807, 2.05) is 18.2 Å². The first-order chi connectivity index (χ1) is 9.62. The van der Waals surface area contributed by atoms with Gasteiger partial charge in [-0.3, -0.25) is 4.90 Å². The van der Waals surface area contributed by atoms with Gasteiger partial charge < -0.3 is 5.32 Å². The van der Waals surface area contributed by atoms with Gasteiger partial charge in [0.15, 0.2) is 0 Å². The summed E-state index contributed by atoms with van der Waals surface area (Å²) in [5, 5.41) is 3.51.